The third-order valence-corrected chi connectivity index (χ3v) is 5.69. The molecule has 2 heterocycles. The molecule has 1 saturated carbocycles. The van der Waals surface area contributed by atoms with Crippen molar-refractivity contribution in [2.24, 2.45) is 11.3 Å². The number of nitrogens with one attached hydrogen (secondary N) is 2. The van der Waals surface area contributed by atoms with Crippen molar-refractivity contribution in [3.63, 3.8) is 0 Å². The molecule has 2 unspecified atom stereocenters. The smallest absolute Gasteiger partial charge is 0.249 e. The van der Waals surface area contributed by atoms with Crippen LogP contribution < -0.4 is 10.6 Å². The quantitative estimate of drug-likeness (QED) is 0.878. The van der Waals surface area contributed by atoms with Crippen molar-refractivity contribution in [1.29, 1.82) is 0 Å². The molecule has 1 spiro atoms. The Labute approximate surface area is 151 Å². The number of carbonyl (C=O) groups excluding carboxylic acids is 1. The lowest BCUT2D eigenvalue weighted by Gasteiger charge is -2.23. The van der Waals surface area contributed by atoms with Gasteiger partial charge in [-0.2, -0.15) is 4.98 Å². The van der Waals surface area contributed by atoms with E-state index in [1.54, 1.807) is 19.1 Å². The summed E-state index contributed by atoms with van der Waals surface area (Å²) in [6.07, 6.45) is 3.10. The lowest BCUT2D eigenvalue weighted by molar-refractivity contribution is -0.124. The number of piperidine rings is 1. The van der Waals surface area contributed by atoms with Gasteiger partial charge in [-0.25, -0.2) is 4.39 Å². The monoisotopic (exact) mass is 358 g/mol. The van der Waals surface area contributed by atoms with Crippen LogP contribution in [0, 0.1) is 24.1 Å². The molecule has 1 aliphatic heterocycles. The highest BCUT2D eigenvalue weighted by Gasteiger charge is 2.57. The molecular formula is C19H23FN4O2. The molecule has 138 valence electrons. The third-order valence-electron chi connectivity index (χ3n) is 5.69. The average Bonchev–Trinajstić information content (AvgIpc) is 3.09. The molecule has 26 heavy (non-hydrogen) atoms. The van der Waals surface area contributed by atoms with Crippen molar-refractivity contribution < 1.29 is 13.7 Å². The largest absolute Gasteiger partial charge is 0.344 e. The van der Waals surface area contributed by atoms with Crippen LogP contribution in [-0.2, 0) is 4.79 Å². The molecule has 1 saturated heterocycles. The summed E-state index contributed by atoms with van der Waals surface area (Å²) >= 11 is 0. The second-order valence-electron chi connectivity index (χ2n) is 7.52. The number of rotatable bonds is 4. The molecule has 0 radical (unpaired) electrons. The first-order valence-corrected chi connectivity index (χ1v) is 9.10. The van der Waals surface area contributed by atoms with Gasteiger partial charge in [-0.1, -0.05) is 5.16 Å². The lowest BCUT2D eigenvalue weighted by atomic mass is 9.91. The van der Waals surface area contributed by atoms with E-state index < -0.39 is 0 Å². The number of hydrogen-bond acceptors (Lipinski definition) is 5. The minimum absolute atomic E-state index is 0.0665. The number of hydrogen-bond donors (Lipinski definition) is 2. The predicted molar refractivity (Wildman–Crippen MR) is 93.6 cm³/mol. The zero-order valence-electron chi connectivity index (χ0n) is 15.0. The van der Waals surface area contributed by atoms with Crippen molar-refractivity contribution in [2.75, 3.05) is 13.1 Å². The maximum atomic E-state index is 13.4. The van der Waals surface area contributed by atoms with Crippen molar-refractivity contribution in [3.05, 3.63) is 35.5 Å². The molecule has 2 aromatic rings. The molecule has 2 fully saturated rings. The molecule has 2 aliphatic rings. The van der Waals surface area contributed by atoms with E-state index >= 15 is 0 Å². The maximum Gasteiger partial charge on any atom is 0.249 e. The number of aromatic nitrogens is 2. The van der Waals surface area contributed by atoms with Gasteiger partial charge in [0.25, 0.3) is 0 Å². The van der Waals surface area contributed by atoms with E-state index in [9.17, 15) is 9.18 Å². The summed E-state index contributed by atoms with van der Waals surface area (Å²) < 4.78 is 18.7. The number of aryl methyl sites for hydroxylation is 1. The zero-order valence-corrected chi connectivity index (χ0v) is 15.0. The molecule has 2 atom stereocenters. The van der Waals surface area contributed by atoms with Crippen LogP contribution >= 0.6 is 0 Å². The van der Waals surface area contributed by atoms with E-state index in [1.807, 2.05) is 6.92 Å². The van der Waals surface area contributed by atoms with Crippen LogP contribution in [0.25, 0.3) is 11.4 Å². The number of benzene rings is 1. The van der Waals surface area contributed by atoms with Gasteiger partial charge < -0.3 is 15.2 Å². The molecular weight excluding hydrogens is 335 g/mol. The second kappa shape index (κ2) is 6.46. The number of halogens is 1. The van der Waals surface area contributed by atoms with Crippen molar-refractivity contribution in [3.8, 4) is 11.4 Å². The first-order valence-electron chi connectivity index (χ1n) is 9.10. The molecule has 2 N–H and O–H groups in total. The van der Waals surface area contributed by atoms with Gasteiger partial charge in [-0.3, -0.25) is 4.79 Å². The first kappa shape index (κ1) is 17.1. The van der Waals surface area contributed by atoms with Gasteiger partial charge >= 0.3 is 0 Å². The van der Waals surface area contributed by atoms with Crippen molar-refractivity contribution >= 4 is 5.91 Å². The zero-order chi connectivity index (χ0) is 18.3. The van der Waals surface area contributed by atoms with Crippen LogP contribution in [0.1, 0.15) is 43.7 Å². The normalized spacial score (nSPS) is 22.2. The van der Waals surface area contributed by atoms with E-state index in [1.165, 1.54) is 6.07 Å². The van der Waals surface area contributed by atoms with E-state index in [4.69, 9.17) is 4.52 Å². The van der Waals surface area contributed by atoms with Crippen LogP contribution in [0.15, 0.2) is 22.7 Å². The van der Waals surface area contributed by atoms with Crippen LogP contribution in [0.2, 0.25) is 0 Å². The van der Waals surface area contributed by atoms with Gasteiger partial charge in [0, 0.05) is 11.5 Å². The van der Waals surface area contributed by atoms with Crippen LogP contribution in [0.5, 0.6) is 0 Å². The summed E-state index contributed by atoms with van der Waals surface area (Å²) in [6, 6.07) is 4.32. The molecule has 6 nitrogen and oxygen atoms in total. The molecule has 1 amide bonds. The summed E-state index contributed by atoms with van der Waals surface area (Å²) in [4.78, 5) is 16.9. The second-order valence-corrected chi connectivity index (χ2v) is 7.52. The Morgan fingerprint density at radius 3 is 2.92 bits per heavy atom. The fourth-order valence-corrected chi connectivity index (χ4v) is 3.88. The molecule has 1 aromatic carbocycles. The lowest BCUT2D eigenvalue weighted by Crippen LogP contribution is -2.34. The van der Waals surface area contributed by atoms with E-state index in [0.717, 1.165) is 32.4 Å². The van der Waals surface area contributed by atoms with Crippen LogP contribution in [0.4, 0.5) is 4.39 Å². The molecule has 4 rings (SSSR count). The highest BCUT2D eigenvalue weighted by Crippen LogP contribution is 2.58. The van der Waals surface area contributed by atoms with Crippen molar-refractivity contribution in [2.45, 2.75) is 39.2 Å². The predicted octanol–water partition coefficient (Wildman–Crippen LogP) is 2.75. The van der Waals surface area contributed by atoms with E-state index in [0.29, 0.717) is 22.8 Å². The topological polar surface area (TPSA) is 80.0 Å². The molecule has 1 aliphatic carbocycles. The van der Waals surface area contributed by atoms with Gasteiger partial charge in [-0.15, -0.1) is 0 Å². The Bertz CT molecular complexity index is 829. The fourth-order valence-electron chi connectivity index (χ4n) is 3.88. The Hall–Kier alpha value is -2.28. The average molecular weight is 358 g/mol. The maximum absolute atomic E-state index is 13.4. The fraction of sp³-hybridized carbons (Fsp3) is 0.526. The molecule has 7 heteroatoms. The Morgan fingerprint density at radius 2 is 2.19 bits per heavy atom. The van der Waals surface area contributed by atoms with Crippen LogP contribution in [0.3, 0.4) is 0 Å². The van der Waals surface area contributed by atoms with E-state index in [2.05, 4.69) is 20.8 Å². The summed E-state index contributed by atoms with van der Waals surface area (Å²) in [5.41, 5.74) is 1.41. The van der Waals surface area contributed by atoms with Crippen LogP contribution in [-0.4, -0.2) is 29.1 Å². The number of carbonyl (C=O) groups is 1. The minimum atomic E-state index is -0.357. The van der Waals surface area contributed by atoms with Gasteiger partial charge in [0.05, 0.1) is 0 Å². The van der Waals surface area contributed by atoms with Gasteiger partial charge in [0.2, 0.25) is 17.6 Å². The first-order chi connectivity index (χ1) is 12.5. The number of nitrogens with zero attached hydrogens (tertiary/aromatic N) is 2. The highest BCUT2D eigenvalue weighted by atomic mass is 19.1. The summed E-state index contributed by atoms with van der Waals surface area (Å²) in [5.74, 6) is 0.640. The standard InChI is InChI=1S/C19H23FN4O2/c1-11-9-13(3-4-15(11)20)16-23-18(26-24-16)12(2)22-17(25)14-10-19(14)5-7-21-8-6-19/h3-4,9,12,14,21H,5-8,10H2,1-2H3,(H,22,25). The summed E-state index contributed by atoms with van der Waals surface area (Å²) in [7, 11) is 0. The summed E-state index contributed by atoms with van der Waals surface area (Å²) in [5, 5.41) is 10.3. The highest BCUT2D eigenvalue weighted by molar-refractivity contribution is 5.82. The van der Waals surface area contributed by atoms with Gasteiger partial charge in [0.1, 0.15) is 11.9 Å². The van der Waals surface area contributed by atoms with Crippen molar-refractivity contribution in [1.82, 2.24) is 20.8 Å². The van der Waals surface area contributed by atoms with Gasteiger partial charge in [0.15, 0.2) is 0 Å². The van der Waals surface area contributed by atoms with E-state index in [-0.39, 0.29) is 29.1 Å². The minimum Gasteiger partial charge on any atom is -0.344 e. The Kier molecular flexibility index (Phi) is 4.26. The SMILES string of the molecule is Cc1cc(-c2noc(C(C)NC(=O)C3CC34CCNCC4)n2)ccc1F. The summed E-state index contributed by atoms with van der Waals surface area (Å²) in [6.45, 7) is 5.50. The third kappa shape index (κ3) is 3.11. The van der Waals surface area contributed by atoms with Gasteiger partial charge in [-0.05, 0) is 75.4 Å². The molecule has 0 bridgehead atoms. The number of amides is 1. The molecule has 1 aromatic heterocycles. The Balaban J connectivity index is 1.41. The Morgan fingerprint density at radius 1 is 1.42 bits per heavy atom.